The highest BCUT2D eigenvalue weighted by molar-refractivity contribution is 5.07. The Balaban J connectivity index is 2.26. The number of hydrogen-bond donors (Lipinski definition) is 0. The summed E-state index contributed by atoms with van der Waals surface area (Å²) in [4.78, 5) is 2.66. The van der Waals surface area contributed by atoms with E-state index in [1.54, 1.807) is 0 Å². The molecule has 1 spiro atoms. The van der Waals surface area contributed by atoms with Crippen LogP contribution in [-0.2, 0) is 4.74 Å². The van der Waals surface area contributed by atoms with E-state index in [1.165, 1.54) is 25.9 Å². The number of rotatable bonds is 1. The van der Waals surface area contributed by atoms with E-state index in [2.05, 4.69) is 32.6 Å². The summed E-state index contributed by atoms with van der Waals surface area (Å²) in [6, 6.07) is 0. The van der Waals surface area contributed by atoms with Gasteiger partial charge in [-0.1, -0.05) is 27.7 Å². The molecular formula is C13H25NO. The molecule has 0 aromatic rings. The molecule has 2 atom stereocenters. The quantitative estimate of drug-likeness (QED) is 0.661. The van der Waals surface area contributed by atoms with Gasteiger partial charge < -0.3 is 4.74 Å². The molecule has 2 nitrogen and oxygen atoms in total. The van der Waals surface area contributed by atoms with Crippen LogP contribution in [0.5, 0.6) is 0 Å². The van der Waals surface area contributed by atoms with Crippen LogP contribution in [0.15, 0.2) is 0 Å². The molecular weight excluding hydrogens is 186 g/mol. The van der Waals surface area contributed by atoms with Crippen LogP contribution in [0.3, 0.4) is 0 Å². The van der Waals surface area contributed by atoms with Crippen molar-refractivity contribution in [2.45, 2.75) is 46.1 Å². The maximum atomic E-state index is 5.70. The second kappa shape index (κ2) is 3.74. The van der Waals surface area contributed by atoms with Crippen molar-refractivity contribution in [3.8, 4) is 0 Å². The third kappa shape index (κ3) is 1.72. The van der Waals surface area contributed by atoms with Crippen LogP contribution in [0.25, 0.3) is 0 Å². The van der Waals surface area contributed by atoms with Gasteiger partial charge in [0.1, 0.15) is 0 Å². The summed E-state index contributed by atoms with van der Waals surface area (Å²) in [5.74, 6) is 0.799. The Morgan fingerprint density at radius 1 is 1.40 bits per heavy atom. The Morgan fingerprint density at radius 2 is 2.13 bits per heavy atom. The lowest BCUT2D eigenvalue weighted by molar-refractivity contribution is 0.0372. The van der Waals surface area contributed by atoms with E-state index in [9.17, 15) is 0 Å². The maximum absolute atomic E-state index is 5.70. The Hall–Kier alpha value is -0.0800. The lowest BCUT2D eigenvalue weighted by Gasteiger charge is -2.43. The molecule has 2 unspecified atom stereocenters. The fourth-order valence-corrected chi connectivity index (χ4v) is 3.80. The van der Waals surface area contributed by atoms with Gasteiger partial charge in [0.25, 0.3) is 0 Å². The second-order valence-corrected chi connectivity index (χ2v) is 6.19. The molecule has 0 amide bonds. The van der Waals surface area contributed by atoms with Gasteiger partial charge in [0.05, 0.1) is 6.61 Å². The van der Waals surface area contributed by atoms with Crippen molar-refractivity contribution < 1.29 is 4.74 Å². The van der Waals surface area contributed by atoms with E-state index < -0.39 is 0 Å². The molecule has 2 fully saturated rings. The van der Waals surface area contributed by atoms with Crippen molar-refractivity contribution in [1.29, 1.82) is 0 Å². The van der Waals surface area contributed by atoms with Gasteiger partial charge in [-0.15, -0.1) is 0 Å². The third-order valence-corrected chi connectivity index (χ3v) is 4.42. The van der Waals surface area contributed by atoms with Crippen molar-refractivity contribution in [3.05, 3.63) is 0 Å². The summed E-state index contributed by atoms with van der Waals surface area (Å²) in [7, 11) is 0. The Labute approximate surface area is 94.0 Å². The van der Waals surface area contributed by atoms with Gasteiger partial charge in [0, 0.05) is 12.1 Å². The summed E-state index contributed by atoms with van der Waals surface area (Å²) in [5.41, 5.74) is 0.782. The van der Waals surface area contributed by atoms with Crippen LogP contribution in [0.1, 0.15) is 40.5 Å². The predicted molar refractivity (Wildman–Crippen MR) is 63.0 cm³/mol. The van der Waals surface area contributed by atoms with Crippen LogP contribution in [0, 0.1) is 11.3 Å². The number of nitrogens with zero attached hydrogens (tertiary/aromatic N) is 1. The van der Waals surface area contributed by atoms with Gasteiger partial charge in [-0.3, -0.25) is 4.90 Å². The molecule has 2 aliphatic heterocycles. The minimum atomic E-state index is 0.368. The predicted octanol–water partition coefficient (Wildman–Crippen LogP) is 2.53. The summed E-state index contributed by atoms with van der Waals surface area (Å²) < 4.78 is 5.70. The lowest BCUT2D eigenvalue weighted by atomic mass is 9.69. The molecule has 0 aliphatic carbocycles. The van der Waals surface area contributed by atoms with E-state index in [0.29, 0.717) is 11.0 Å². The molecule has 2 heterocycles. The topological polar surface area (TPSA) is 12.5 Å². The molecule has 2 saturated heterocycles. The fraction of sp³-hybridized carbons (Fsp3) is 1.00. The van der Waals surface area contributed by atoms with Crippen molar-refractivity contribution in [1.82, 2.24) is 4.90 Å². The van der Waals surface area contributed by atoms with Crippen LogP contribution in [-0.4, -0.2) is 36.7 Å². The molecule has 0 saturated carbocycles. The highest BCUT2D eigenvalue weighted by Gasteiger charge is 2.53. The van der Waals surface area contributed by atoms with E-state index in [4.69, 9.17) is 4.74 Å². The van der Waals surface area contributed by atoms with Crippen LogP contribution >= 0.6 is 0 Å². The Kier molecular flexibility index (Phi) is 2.85. The smallest absolute Gasteiger partial charge is 0.0654 e. The summed E-state index contributed by atoms with van der Waals surface area (Å²) in [6.45, 7) is 13.8. The van der Waals surface area contributed by atoms with Crippen molar-refractivity contribution in [3.63, 3.8) is 0 Å². The third-order valence-electron chi connectivity index (χ3n) is 4.42. The first-order valence-corrected chi connectivity index (χ1v) is 6.33. The van der Waals surface area contributed by atoms with E-state index in [-0.39, 0.29) is 0 Å². The van der Waals surface area contributed by atoms with Gasteiger partial charge in [0.2, 0.25) is 0 Å². The van der Waals surface area contributed by atoms with Gasteiger partial charge in [-0.2, -0.15) is 0 Å². The fourth-order valence-electron chi connectivity index (χ4n) is 3.80. The first-order valence-electron chi connectivity index (χ1n) is 6.33. The number of likely N-dealkylation sites (tertiary alicyclic amines) is 1. The molecule has 0 aromatic heterocycles. The van der Waals surface area contributed by atoms with E-state index in [1.807, 2.05) is 0 Å². The molecule has 0 aromatic carbocycles. The number of ether oxygens (including phenoxy) is 1. The highest BCUT2D eigenvalue weighted by Crippen LogP contribution is 2.49. The van der Waals surface area contributed by atoms with E-state index >= 15 is 0 Å². The highest BCUT2D eigenvalue weighted by atomic mass is 16.5. The number of likely N-dealkylation sites (N-methyl/N-ethyl adjacent to an activating group) is 1. The van der Waals surface area contributed by atoms with Gasteiger partial charge in [-0.25, -0.2) is 0 Å². The molecule has 15 heavy (non-hydrogen) atoms. The Bertz CT molecular complexity index is 225. The molecule has 0 bridgehead atoms. The zero-order chi connectivity index (χ0) is 11.1. The molecule has 0 N–H and O–H groups in total. The van der Waals surface area contributed by atoms with Crippen molar-refractivity contribution >= 4 is 0 Å². The maximum Gasteiger partial charge on any atom is 0.0654 e. The molecule has 0 radical (unpaired) electrons. The zero-order valence-corrected chi connectivity index (χ0v) is 10.7. The molecule has 2 heteroatoms. The summed E-state index contributed by atoms with van der Waals surface area (Å²) in [6.07, 6.45) is 2.59. The minimum absolute atomic E-state index is 0.368. The monoisotopic (exact) mass is 211 g/mol. The molecule has 88 valence electrons. The van der Waals surface area contributed by atoms with Gasteiger partial charge in [0.15, 0.2) is 0 Å². The first-order chi connectivity index (χ1) is 7.00. The minimum Gasteiger partial charge on any atom is -0.379 e. The van der Waals surface area contributed by atoms with Crippen molar-refractivity contribution in [2.24, 2.45) is 11.3 Å². The average molecular weight is 211 g/mol. The van der Waals surface area contributed by atoms with Gasteiger partial charge in [-0.05, 0) is 37.3 Å². The largest absolute Gasteiger partial charge is 0.379 e. The summed E-state index contributed by atoms with van der Waals surface area (Å²) in [5, 5.41) is 0. The average Bonchev–Trinajstić information content (AvgIpc) is 2.73. The Morgan fingerprint density at radius 3 is 2.60 bits per heavy atom. The SMILES string of the molecule is CCN1CCC(C(C)(C)C)C12CCOC2. The zero-order valence-electron chi connectivity index (χ0n) is 10.7. The van der Waals surface area contributed by atoms with Crippen LogP contribution < -0.4 is 0 Å². The molecule has 2 aliphatic rings. The number of hydrogen-bond acceptors (Lipinski definition) is 2. The first kappa shape index (κ1) is 11.4. The summed E-state index contributed by atoms with van der Waals surface area (Å²) >= 11 is 0. The molecule has 2 rings (SSSR count). The van der Waals surface area contributed by atoms with Gasteiger partial charge >= 0.3 is 0 Å². The van der Waals surface area contributed by atoms with Crippen molar-refractivity contribution in [2.75, 3.05) is 26.3 Å². The van der Waals surface area contributed by atoms with Crippen LogP contribution in [0.2, 0.25) is 0 Å². The standard InChI is InChI=1S/C13H25NO/c1-5-14-8-6-11(12(2,3)4)13(14)7-9-15-10-13/h11H,5-10H2,1-4H3. The lowest BCUT2D eigenvalue weighted by Crippen LogP contribution is -2.51. The van der Waals surface area contributed by atoms with Crippen LogP contribution in [0.4, 0.5) is 0 Å². The van der Waals surface area contributed by atoms with E-state index in [0.717, 1.165) is 19.1 Å². The second-order valence-electron chi connectivity index (χ2n) is 6.19. The normalized spacial score (nSPS) is 38.0.